The van der Waals surface area contributed by atoms with Crippen LogP contribution in [0, 0.1) is 23.0 Å². The van der Waals surface area contributed by atoms with Gasteiger partial charge in [0.2, 0.25) is 5.88 Å². The fourth-order valence-corrected chi connectivity index (χ4v) is 5.21. The van der Waals surface area contributed by atoms with E-state index in [-0.39, 0.29) is 39.9 Å². The number of nitriles is 1. The third-order valence-corrected chi connectivity index (χ3v) is 8.33. The van der Waals surface area contributed by atoms with E-state index in [1.165, 1.54) is 24.3 Å². The molecule has 1 aliphatic carbocycles. The van der Waals surface area contributed by atoms with E-state index < -0.39 is 17.6 Å². The maximum atomic E-state index is 15.5. The second-order valence-electron chi connectivity index (χ2n) is 10.3. The van der Waals surface area contributed by atoms with Gasteiger partial charge in [-0.1, -0.05) is 40.2 Å². The molecule has 1 N–H and O–H groups in total. The number of carbonyl (C=O) groups is 1. The van der Waals surface area contributed by atoms with E-state index in [4.69, 9.17) is 15.0 Å². The Labute approximate surface area is 248 Å². The van der Waals surface area contributed by atoms with Crippen molar-refractivity contribution in [2.24, 2.45) is 0 Å². The Morgan fingerprint density at radius 1 is 1.02 bits per heavy atom. The Bertz CT molecular complexity index is 1900. The lowest BCUT2D eigenvalue weighted by atomic mass is 10.1. The summed E-state index contributed by atoms with van der Waals surface area (Å²) >= 11 is 3.77. The summed E-state index contributed by atoms with van der Waals surface area (Å²) in [6.07, 6.45) is 2.21. The average Bonchev–Trinajstić information content (AvgIpc) is 3.63. The van der Waals surface area contributed by atoms with Crippen molar-refractivity contribution in [2.45, 2.75) is 36.7 Å². The number of carboxylic acids is 1. The Kier molecular flexibility index (Phi) is 7.21. The van der Waals surface area contributed by atoms with Crippen molar-refractivity contribution in [1.29, 1.82) is 5.26 Å². The maximum Gasteiger partial charge on any atom is 0.335 e. The molecule has 0 spiro atoms. The van der Waals surface area contributed by atoms with E-state index in [9.17, 15) is 14.3 Å². The number of ether oxygens (including phenoxy) is 1. The molecule has 0 amide bonds. The second-order valence-corrected chi connectivity index (χ2v) is 12.0. The van der Waals surface area contributed by atoms with Gasteiger partial charge in [0.05, 0.1) is 33.9 Å². The van der Waals surface area contributed by atoms with Crippen LogP contribution in [0.25, 0.3) is 22.3 Å². The van der Waals surface area contributed by atoms with E-state index in [1.807, 2.05) is 10.6 Å². The van der Waals surface area contributed by atoms with Crippen LogP contribution < -0.4 is 4.74 Å². The first kappa shape index (κ1) is 27.5. The number of aromatic carboxylic acids is 1. The van der Waals surface area contributed by atoms with Gasteiger partial charge in [0.15, 0.2) is 0 Å². The lowest BCUT2D eigenvalue weighted by Crippen LogP contribution is -2.14. The highest BCUT2D eigenvalue weighted by atomic mass is 79.9. The molecule has 3 aromatic carbocycles. The van der Waals surface area contributed by atoms with E-state index in [1.54, 1.807) is 42.5 Å². The van der Waals surface area contributed by atoms with Crippen molar-refractivity contribution < 1.29 is 23.4 Å². The molecular formula is C32H23BrF2N4O3. The van der Waals surface area contributed by atoms with Crippen LogP contribution in [-0.2, 0) is 19.6 Å². The number of carboxylic acid groups (broad SMARTS) is 1. The van der Waals surface area contributed by atoms with Crippen molar-refractivity contribution in [3.05, 3.63) is 113 Å². The number of halogens is 3. The molecule has 0 unspecified atom stereocenters. The summed E-state index contributed by atoms with van der Waals surface area (Å²) in [5.74, 6) is -1.09. The third-order valence-electron chi connectivity index (χ3n) is 7.29. The van der Waals surface area contributed by atoms with Crippen LogP contribution >= 0.6 is 15.9 Å². The molecule has 2 heterocycles. The minimum atomic E-state index is -1.02. The Balaban J connectivity index is 1.23. The van der Waals surface area contributed by atoms with Crippen molar-refractivity contribution >= 4 is 32.9 Å². The quantitative estimate of drug-likeness (QED) is 0.176. The van der Waals surface area contributed by atoms with Gasteiger partial charge in [-0.3, -0.25) is 0 Å². The van der Waals surface area contributed by atoms with Crippen LogP contribution in [0.3, 0.4) is 0 Å². The van der Waals surface area contributed by atoms with Gasteiger partial charge >= 0.3 is 5.97 Å². The van der Waals surface area contributed by atoms with Crippen molar-refractivity contribution in [3.8, 4) is 23.2 Å². The zero-order chi connectivity index (χ0) is 29.4. The molecule has 5 aromatic rings. The number of pyridine rings is 1. The molecule has 0 saturated heterocycles. The minimum absolute atomic E-state index is 0.0678. The standard InChI is InChI=1S/C32H23BrF2N4O3/c33-32(10-11-32)18-39-28-14-22(31(40)41)8-9-27(28)37-29(39)15-20-6-7-21(13-25(20)35)26-2-1-3-30(38-26)42-17-23-5-4-19(16-36)12-24(23)34/h1-9,12-14H,10-11,15,17-18H2,(H,40,41). The lowest BCUT2D eigenvalue weighted by molar-refractivity contribution is 0.0697. The Hall–Kier alpha value is -4.62. The molecule has 10 heteroatoms. The molecule has 42 heavy (non-hydrogen) atoms. The molecular weight excluding hydrogens is 606 g/mol. The fraction of sp³-hybridized carbons (Fsp3) is 0.188. The monoisotopic (exact) mass is 628 g/mol. The summed E-state index contributed by atoms with van der Waals surface area (Å²) in [7, 11) is 0. The van der Waals surface area contributed by atoms with Crippen LogP contribution in [0.4, 0.5) is 8.78 Å². The van der Waals surface area contributed by atoms with Crippen molar-refractivity contribution in [1.82, 2.24) is 14.5 Å². The zero-order valence-electron chi connectivity index (χ0n) is 22.2. The van der Waals surface area contributed by atoms with Crippen LogP contribution in [0.1, 0.15) is 45.7 Å². The van der Waals surface area contributed by atoms with E-state index in [0.717, 1.165) is 18.9 Å². The predicted molar refractivity (Wildman–Crippen MR) is 155 cm³/mol. The second kappa shape index (κ2) is 11.0. The topological polar surface area (TPSA) is 101 Å². The number of nitrogens with zero attached hydrogens (tertiary/aromatic N) is 4. The van der Waals surface area contributed by atoms with Crippen molar-refractivity contribution in [2.75, 3.05) is 0 Å². The van der Waals surface area contributed by atoms with Gasteiger partial charge in [0.1, 0.15) is 24.1 Å². The molecule has 210 valence electrons. The maximum absolute atomic E-state index is 15.5. The van der Waals surface area contributed by atoms with Crippen LogP contribution in [0.5, 0.6) is 5.88 Å². The zero-order valence-corrected chi connectivity index (χ0v) is 23.7. The Morgan fingerprint density at radius 2 is 1.81 bits per heavy atom. The fourth-order valence-electron chi connectivity index (χ4n) is 4.76. The number of rotatable bonds is 9. The third kappa shape index (κ3) is 5.74. The largest absolute Gasteiger partial charge is 0.478 e. The molecule has 0 radical (unpaired) electrons. The molecule has 6 rings (SSSR count). The van der Waals surface area contributed by atoms with Crippen molar-refractivity contribution in [3.63, 3.8) is 0 Å². The lowest BCUT2D eigenvalue weighted by Gasteiger charge is -2.14. The van der Waals surface area contributed by atoms with Gasteiger partial charge in [0, 0.05) is 34.5 Å². The summed E-state index contributed by atoms with van der Waals surface area (Å²) in [5, 5.41) is 18.4. The molecule has 0 aliphatic heterocycles. The molecule has 2 aromatic heterocycles. The molecule has 1 aliphatic rings. The molecule has 0 atom stereocenters. The number of fused-ring (bicyclic) bond motifs is 1. The highest BCUT2D eigenvalue weighted by Gasteiger charge is 2.41. The summed E-state index contributed by atoms with van der Waals surface area (Å²) < 4.78 is 37.3. The van der Waals surface area contributed by atoms with Gasteiger partial charge in [-0.2, -0.15) is 5.26 Å². The predicted octanol–water partition coefficient (Wildman–Crippen LogP) is 7.04. The molecule has 0 bridgehead atoms. The van der Waals surface area contributed by atoms with E-state index in [0.29, 0.717) is 40.2 Å². The summed E-state index contributed by atoms with van der Waals surface area (Å²) in [6.45, 7) is 0.524. The molecule has 7 nitrogen and oxygen atoms in total. The van der Waals surface area contributed by atoms with Crippen LogP contribution in [0.15, 0.2) is 72.8 Å². The summed E-state index contributed by atoms with van der Waals surface area (Å²) in [6, 6.07) is 20.8. The van der Waals surface area contributed by atoms with Crippen LogP contribution in [-0.4, -0.2) is 29.9 Å². The smallest absolute Gasteiger partial charge is 0.335 e. The van der Waals surface area contributed by atoms with Gasteiger partial charge in [0.25, 0.3) is 0 Å². The Morgan fingerprint density at radius 3 is 2.52 bits per heavy atom. The highest BCUT2D eigenvalue weighted by Crippen LogP contribution is 2.46. The summed E-state index contributed by atoms with van der Waals surface area (Å²) in [5.41, 5.74) is 3.52. The summed E-state index contributed by atoms with van der Waals surface area (Å²) in [4.78, 5) is 20.8. The first-order valence-electron chi connectivity index (χ1n) is 13.2. The number of benzene rings is 3. The number of aromatic nitrogens is 3. The molecule has 1 fully saturated rings. The molecule has 1 saturated carbocycles. The SMILES string of the molecule is N#Cc1ccc(COc2cccc(-c3ccc(Cc4nc5ccc(C(=O)O)cc5n4CC4(Br)CC4)c(F)c3)n2)c(F)c1. The number of alkyl halides is 1. The van der Waals surface area contributed by atoms with Gasteiger partial charge in [-0.25, -0.2) is 23.5 Å². The van der Waals surface area contributed by atoms with E-state index in [2.05, 4.69) is 20.9 Å². The van der Waals surface area contributed by atoms with Gasteiger partial charge in [-0.15, -0.1) is 0 Å². The first-order valence-corrected chi connectivity index (χ1v) is 14.0. The van der Waals surface area contributed by atoms with Gasteiger partial charge < -0.3 is 14.4 Å². The van der Waals surface area contributed by atoms with E-state index >= 15 is 4.39 Å². The van der Waals surface area contributed by atoms with Crippen LogP contribution in [0.2, 0.25) is 0 Å². The number of hydrogen-bond donors (Lipinski definition) is 1. The normalized spacial score (nSPS) is 13.6. The van der Waals surface area contributed by atoms with Gasteiger partial charge in [-0.05, 0) is 60.9 Å². The highest BCUT2D eigenvalue weighted by molar-refractivity contribution is 9.10. The minimum Gasteiger partial charge on any atom is -0.478 e. The number of imidazole rings is 1. The first-order chi connectivity index (χ1) is 20.2. The number of hydrogen-bond acceptors (Lipinski definition) is 5. The average molecular weight is 629 g/mol.